The molecule has 0 saturated carbocycles. The Balaban J connectivity index is 2.13. The van der Waals surface area contributed by atoms with Gasteiger partial charge >= 0.3 is 0 Å². The van der Waals surface area contributed by atoms with E-state index in [-0.39, 0.29) is 11.8 Å². The average Bonchev–Trinajstić information content (AvgIpc) is 2.38. The molecule has 0 saturated heterocycles. The van der Waals surface area contributed by atoms with Crippen molar-refractivity contribution < 1.29 is 4.79 Å². The normalized spacial score (nSPS) is 12.4. The molecule has 0 aliphatic rings. The number of nitrogens with one attached hydrogen (secondary N) is 1. The van der Waals surface area contributed by atoms with Gasteiger partial charge in [-0.25, -0.2) is 0 Å². The van der Waals surface area contributed by atoms with Gasteiger partial charge in [-0.3, -0.25) is 4.79 Å². The molecule has 2 aromatic rings. The van der Waals surface area contributed by atoms with Crippen molar-refractivity contribution in [3.63, 3.8) is 0 Å². The van der Waals surface area contributed by atoms with Crippen LogP contribution in [-0.2, 0) is 4.79 Å². The first-order valence-electron chi connectivity index (χ1n) is 6.59. The van der Waals surface area contributed by atoms with Crippen LogP contribution in [0, 0.1) is 12.8 Å². The Bertz CT molecular complexity index is 592. The lowest BCUT2D eigenvalue weighted by atomic mass is 10.1. The van der Waals surface area contributed by atoms with Crippen molar-refractivity contribution in [3.8, 4) is 0 Å². The molecular weight excluding hydrogens is 236 g/mol. The first kappa shape index (κ1) is 13.6. The fourth-order valence-corrected chi connectivity index (χ4v) is 2.05. The van der Waals surface area contributed by atoms with E-state index in [1.54, 1.807) is 0 Å². The number of carbonyl (C=O) groups excluding carboxylic acids is 1. The van der Waals surface area contributed by atoms with Gasteiger partial charge in [0.1, 0.15) is 0 Å². The lowest BCUT2D eigenvalue weighted by Crippen LogP contribution is -2.20. The number of aryl methyl sites for hydroxylation is 1. The summed E-state index contributed by atoms with van der Waals surface area (Å²) in [5.41, 5.74) is 7.60. The topological polar surface area (TPSA) is 55.1 Å². The van der Waals surface area contributed by atoms with E-state index in [4.69, 9.17) is 5.73 Å². The Hall–Kier alpha value is -1.87. The van der Waals surface area contributed by atoms with Crippen molar-refractivity contribution in [1.29, 1.82) is 0 Å². The summed E-state index contributed by atoms with van der Waals surface area (Å²) in [6, 6.07) is 12.3. The van der Waals surface area contributed by atoms with Gasteiger partial charge in [0.15, 0.2) is 0 Å². The highest BCUT2D eigenvalue weighted by atomic mass is 16.1. The van der Waals surface area contributed by atoms with Crippen LogP contribution in [0.2, 0.25) is 0 Å². The minimum Gasteiger partial charge on any atom is -0.330 e. The van der Waals surface area contributed by atoms with Crippen LogP contribution in [0.5, 0.6) is 0 Å². The molecule has 100 valence electrons. The molecule has 0 bridgehead atoms. The molecule has 3 heteroatoms. The Morgan fingerprint density at radius 3 is 2.63 bits per heavy atom. The summed E-state index contributed by atoms with van der Waals surface area (Å²) in [6.45, 7) is 4.58. The number of rotatable bonds is 4. The van der Waals surface area contributed by atoms with Crippen LogP contribution >= 0.6 is 0 Å². The second-order valence-electron chi connectivity index (χ2n) is 5.16. The lowest BCUT2D eigenvalue weighted by molar-refractivity contribution is -0.116. The number of hydrogen-bond acceptors (Lipinski definition) is 2. The Kier molecular flexibility index (Phi) is 4.17. The maximum atomic E-state index is 11.8. The van der Waals surface area contributed by atoms with E-state index in [0.717, 1.165) is 11.1 Å². The highest BCUT2D eigenvalue weighted by Gasteiger charge is 2.08. The van der Waals surface area contributed by atoms with Crippen LogP contribution in [0.3, 0.4) is 0 Å². The second-order valence-corrected chi connectivity index (χ2v) is 5.16. The molecule has 3 N–H and O–H groups in total. The molecule has 0 fully saturated rings. The van der Waals surface area contributed by atoms with Crippen LogP contribution in [0.25, 0.3) is 10.8 Å². The average molecular weight is 256 g/mol. The maximum Gasteiger partial charge on any atom is 0.224 e. The number of amides is 1. The minimum absolute atomic E-state index is 0.0180. The molecule has 0 spiro atoms. The number of carbonyl (C=O) groups is 1. The third-order valence-corrected chi connectivity index (χ3v) is 3.22. The third-order valence-electron chi connectivity index (χ3n) is 3.22. The summed E-state index contributed by atoms with van der Waals surface area (Å²) >= 11 is 0. The van der Waals surface area contributed by atoms with Gasteiger partial charge in [0.25, 0.3) is 0 Å². The van der Waals surface area contributed by atoms with Crippen molar-refractivity contribution in [1.82, 2.24) is 0 Å². The zero-order chi connectivity index (χ0) is 13.8. The Morgan fingerprint density at radius 2 is 1.89 bits per heavy atom. The van der Waals surface area contributed by atoms with Gasteiger partial charge < -0.3 is 11.1 Å². The van der Waals surface area contributed by atoms with E-state index in [1.165, 1.54) is 10.9 Å². The molecule has 1 amide bonds. The van der Waals surface area contributed by atoms with E-state index in [9.17, 15) is 4.79 Å². The Morgan fingerprint density at radius 1 is 1.21 bits per heavy atom. The predicted molar refractivity (Wildman–Crippen MR) is 80.2 cm³/mol. The molecule has 0 aromatic heterocycles. The molecule has 0 heterocycles. The summed E-state index contributed by atoms with van der Waals surface area (Å²) < 4.78 is 0. The van der Waals surface area contributed by atoms with Crippen molar-refractivity contribution in [2.24, 2.45) is 11.7 Å². The van der Waals surface area contributed by atoms with Gasteiger partial charge in [0.05, 0.1) is 0 Å². The van der Waals surface area contributed by atoms with E-state index in [2.05, 4.69) is 30.4 Å². The summed E-state index contributed by atoms with van der Waals surface area (Å²) in [5.74, 6) is 0.229. The van der Waals surface area contributed by atoms with Crippen LogP contribution in [0.1, 0.15) is 18.9 Å². The first-order valence-corrected chi connectivity index (χ1v) is 6.59. The highest BCUT2D eigenvalue weighted by Crippen LogP contribution is 2.20. The minimum atomic E-state index is 0.0180. The van der Waals surface area contributed by atoms with Crippen LogP contribution < -0.4 is 11.1 Å². The van der Waals surface area contributed by atoms with Crippen molar-refractivity contribution in [2.75, 3.05) is 11.9 Å². The summed E-state index contributed by atoms with van der Waals surface area (Å²) in [5, 5.41) is 5.24. The molecule has 1 unspecified atom stereocenters. The maximum absolute atomic E-state index is 11.8. The van der Waals surface area contributed by atoms with E-state index in [1.807, 2.05) is 25.1 Å². The number of benzene rings is 2. The van der Waals surface area contributed by atoms with Gasteiger partial charge in [-0.2, -0.15) is 0 Å². The molecular formula is C16H20N2O. The van der Waals surface area contributed by atoms with E-state index >= 15 is 0 Å². The van der Waals surface area contributed by atoms with Crippen molar-refractivity contribution >= 4 is 22.4 Å². The highest BCUT2D eigenvalue weighted by molar-refractivity contribution is 5.94. The van der Waals surface area contributed by atoms with Gasteiger partial charge in [0, 0.05) is 12.1 Å². The molecule has 0 radical (unpaired) electrons. The summed E-state index contributed by atoms with van der Waals surface area (Å²) in [4.78, 5) is 11.8. The summed E-state index contributed by atoms with van der Waals surface area (Å²) in [6.07, 6.45) is 0.461. The van der Waals surface area contributed by atoms with Crippen LogP contribution in [0.4, 0.5) is 5.69 Å². The zero-order valence-corrected chi connectivity index (χ0v) is 11.4. The van der Waals surface area contributed by atoms with Gasteiger partial charge in [0.2, 0.25) is 5.91 Å². The monoisotopic (exact) mass is 256 g/mol. The summed E-state index contributed by atoms with van der Waals surface area (Å²) in [7, 11) is 0. The Labute approximate surface area is 113 Å². The number of nitrogens with two attached hydrogens (primary N) is 1. The van der Waals surface area contributed by atoms with Crippen LogP contribution in [0.15, 0.2) is 36.4 Å². The first-order chi connectivity index (χ1) is 9.08. The van der Waals surface area contributed by atoms with Gasteiger partial charge in [-0.05, 0) is 42.3 Å². The van der Waals surface area contributed by atoms with Crippen molar-refractivity contribution in [2.45, 2.75) is 20.3 Å². The molecule has 2 aromatic carbocycles. The second kappa shape index (κ2) is 5.85. The smallest absolute Gasteiger partial charge is 0.224 e. The fourth-order valence-electron chi connectivity index (χ4n) is 2.05. The number of hydrogen-bond donors (Lipinski definition) is 2. The lowest BCUT2D eigenvalue weighted by Gasteiger charge is -2.10. The molecule has 0 aliphatic heterocycles. The van der Waals surface area contributed by atoms with Gasteiger partial charge in [-0.15, -0.1) is 0 Å². The molecule has 3 nitrogen and oxygen atoms in total. The predicted octanol–water partition coefficient (Wildman–Crippen LogP) is 3.07. The van der Waals surface area contributed by atoms with Crippen LogP contribution in [-0.4, -0.2) is 12.5 Å². The molecule has 0 aliphatic carbocycles. The fraction of sp³-hybridized carbons (Fsp3) is 0.312. The van der Waals surface area contributed by atoms with E-state index in [0.29, 0.717) is 13.0 Å². The largest absolute Gasteiger partial charge is 0.330 e. The number of anilines is 1. The third kappa shape index (κ3) is 3.55. The van der Waals surface area contributed by atoms with Gasteiger partial charge in [-0.1, -0.05) is 36.8 Å². The number of fused-ring (bicyclic) bond motifs is 1. The molecule has 2 rings (SSSR count). The molecule has 19 heavy (non-hydrogen) atoms. The standard InChI is InChI=1S/C16H20N2O/c1-11-3-4-14-9-15(6-5-13(14)7-11)18-16(19)8-12(2)10-17/h3-7,9,12H,8,10,17H2,1-2H3,(H,18,19). The SMILES string of the molecule is Cc1ccc2cc(NC(=O)CC(C)CN)ccc2c1. The molecule has 1 atom stereocenters. The van der Waals surface area contributed by atoms with E-state index < -0.39 is 0 Å². The quantitative estimate of drug-likeness (QED) is 0.883. The zero-order valence-electron chi connectivity index (χ0n) is 11.4. The van der Waals surface area contributed by atoms with Crippen molar-refractivity contribution in [3.05, 3.63) is 42.0 Å².